The highest BCUT2D eigenvalue weighted by atomic mass is 14.9. The first-order valence-electron chi connectivity index (χ1n) is 4.77. The zero-order valence-electron chi connectivity index (χ0n) is 8.04. The predicted octanol–water partition coefficient (Wildman–Crippen LogP) is 2.40. The molecule has 0 saturated carbocycles. The third kappa shape index (κ3) is 1.29. The molecule has 3 nitrogen and oxygen atoms in total. The first-order valence-corrected chi connectivity index (χ1v) is 4.77. The molecule has 72 valence electrons. The molecule has 0 fully saturated rings. The Labute approximate surface area is 87.0 Å². The minimum atomic E-state index is 0.909. The number of fused-ring (bicyclic) bond motifs is 1. The van der Waals surface area contributed by atoms with Crippen molar-refractivity contribution in [2.45, 2.75) is 0 Å². The molecule has 3 heteroatoms. The zero-order valence-corrected chi connectivity index (χ0v) is 8.04. The highest BCUT2D eigenvalue weighted by Gasteiger charge is 2.04. The lowest BCUT2D eigenvalue weighted by molar-refractivity contribution is 1.19. The zero-order chi connectivity index (χ0) is 10.1. The second-order valence-corrected chi connectivity index (χ2v) is 3.31. The molecule has 0 radical (unpaired) electrons. The number of rotatable bonds is 1. The molecule has 0 aliphatic carbocycles. The fraction of sp³-hybridized carbons (Fsp3) is 0. The van der Waals surface area contributed by atoms with Crippen molar-refractivity contribution in [3.8, 4) is 11.3 Å². The molecule has 3 aromatic heterocycles. The maximum atomic E-state index is 4.30. The van der Waals surface area contributed by atoms with E-state index in [0.717, 1.165) is 16.8 Å². The molecule has 15 heavy (non-hydrogen) atoms. The molecule has 0 unspecified atom stereocenters. The van der Waals surface area contributed by atoms with Gasteiger partial charge in [-0.2, -0.15) is 0 Å². The van der Waals surface area contributed by atoms with E-state index in [-0.39, 0.29) is 0 Å². The molecular formula is C12H9N3. The summed E-state index contributed by atoms with van der Waals surface area (Å²) in [4.78, 5) is 8.37. The largest absolute Gasteiger partial charge is 0.323 e. The molecule has 0 aromatic carbocycles. The Morgan fingerprint density at radius 2 is 2.00 bits per heavy atom. The second-order valence-electron chi connectivity index (χ2n) is 3.31. The van der Waals surface area contributed by atoms with Gasteiger partial charge in [0.05, 0.1) is 17.4 Å². The van der Waals surface area contributed by atoms with Gasteiger partial charge in [-0.15, -0.1) is 0 Å². The van der Waals surface area contributed by atoms with Crippen LogP contribution in [0.25, 0.3) is 16.8 Å². The smallest absolute Gasteiger partial charge is 0.0906 e. The molecule has 0 amide bonds. The van der Waals surface area contributed by atoms with Crippen LogP contribution < -0.4 is 0 Å². The molecule has 0 aliphatic heterocycles. The van der Waals surface area contributed by atoms with Gasteiger partial charge >= 0.3 is 0 Å². The van der Waals surface area contributed by atoms with Crippen LogP contribution >= 0.6 is 0 Å². The van der Waals surface area contributed by atoms with Gasteiger partial charge in [0.2, 0.25) is 0 Å². The van der Waals surface area contributed by atoms with Crippen LogP contribution in [0.1, 0.15) is 0 Å². The summed E-state index contributed by atoms with van der Waals surface area (Å²) in [5.41, 5.74) is 3.17. The van der Waals surface area contributed by atoms with Gasteiger partial charge < -0.3 is 4.40 Å². The van der Waals surface area contributed by atoms with Crippen molar-refractivity contribution in [1.29, 1.82) is 0 Å². The first kappa shape index (κ1) is 8.17. The molecule has 3 rings (SSSR count). The quantitative estimate of drug-likeness (QED) is 0.596. The Balaban J connectivity index is 2.28. The minimum absolute atomic E-state index is 0.909. The van der Waals surface area contributed by atoms with Crippen molar-refractivity contribution in [1.82, 2.24) is 14.4 Å². The summed E-state index contributed by atoms with van der Waals surface area (Å²) >= 11 is 0. The van der Waals surface area contributed by atoms with Gasteiger partial charge in [0.1, 0.15) is 0 Å². The van der Waals surface area contributed by atoms with Gasteiger partial charge in [-0.3, -0.25) is 9.97 Å². The lowest BCUT2D eigenvalue weighted by Gasteiger charge is -1.98. The Morgan fingerprint density at radius 3 is 2.87 bits per heavy atom. The fourth-order valence-corrected chi connectivity index (χ4v) is 1.71. The van der Waals surface area contributed by atoms with Crippen LogP contribution in [0.5, 0.6) is 0 Å². The molecule has 0 atom stereocenters. The molecule has 0 saturated heterocycles. The summed E-state index contributed by atoms with van der Waals surface area (Å²) in [7, 11) is 0. The summed E-state index contributed by atoms with van der Waals surface area (Å²) in [5.74, 6) is 0. The fourth-order valence-electron chi connectivity index (χ4n) is 1.71. The van der Waals surface area contributed by atoms with E-state index >= 15 is 0 Å². The van der Waals surface area contributed by atoms with Crippen molar-refractivity contribution in [3.05, 3.63) is 55.2 Å². The van der Waals surface area contributed by atoms with Crippen LogP contribution in [0.4, 0.5) is 0 Å². The summed E-state index contributed by atoms with van der Waals surface area (Å²) in [6, 6.07) is 8.16. The maximum Gasteiger partial charge on any atom is 0.0906 e. The van der Waals surface area contributed by atoms with E-state index in [2.05, 4.69) is 26.5 Å². The van der Waals surface area contributed by atoms with Crippen LogP contribution in [0.15, 0.2) is 55.2 Å². The Morgan fingerprint density at radius 1 is 1.00 bits per heavy atom. The molecule has 0 spiro atoms. The summed E-state index contributed by atoms with van der Waals surface area (Å²) in [5, 5.41) is 0. The van der Waals surface area contributed by atoms with E-state index in [1.54, 1.807) is 18.6 Å². The van der Waals surface area contributed by atoms with Crippen molar-refractivity contribution in [2.24, 2.45) is 0 Å². The average molecular weight is 195 g/mol. The molecule has 3 aromatic rings. The predicted molar refractivity (Wildman–Crippen MR) is 58.4 cm³/mol. The summed E-state index contributed by atoms with van der Waals surface area (Å²) in [6.07, 6.45) is 9.22. The number of aromatic nitrogens is 3. The lowest BCUT2D eigenvalue weighted by Crippen LogP contribution is -1.84. The number of hydrogen-bond donors (Lipinski definition) is 0. The van der Waals surface area contributed by atoms with E-state index in [1.807, 2.05) is 24.5 Å². The second kappa shape index (κ2) is 3.20. The van der Waals surface area contributed by atoms with Crippen LogP contribution in [-0.4, -0.2) is 14.4 Å². The van der Waals surface area contributed by atoms with Crippen LogP contribution in [0, 0.1) is 0 Å². The van der Waals surface area contributed by atoms with Crippen molar-refractivity contribution < 1.29 is 0 Å². The average Bonchev–Trinajstić information content (AvgIpc) is 2.74. The van der Waals surface area contributed by atoms with E-state index < -0.39 is 0 Å². The monoisotopic (exact) mass is 195 g/mol. The van der Waals surface area contributed by atoms with Gasteiger partial charge in [-0.25, -0.2) is 0 Å². The highest BCUT2D eigenvalue weighted by Crippen LogP contribution is 2.22. The molecule has 3 heterocycles. The molecule has 0 aliphatic rings. The van der Waals surface area contributed by atoms with Gasteiger partial charge in [-0.1, -0.05) is 6.07 Å². The van der Waals surface area contributed by atoms with E-state index in [9.17, 15) is 0 Å². The maximum absolute atomic E-state index is 4.30. The van der Waals surface area contributed by atoms with Gasteiger partial charge in [-0.05, 0) is 18.2 Å². The standard InChI is InChI=1S/C12H9N3/c1-2-7-15-8-4-10(12(15)3-1)11-9-13-5-6-14-11/h1-9H. The third-order valence-corrected chi connectivity index (χ3v) is 2.41. The first-order chi connectivity index (χ1) is 7.45. The third-order valence-electron chi connectivity index (χ3n) is 2.41. The molecule has 0 bridgehead atoms. The van der Waals surface area contributed by atoms with Crippen LogP contribution in [0.3, 0.4) is 0 Å². The lowest BCUT2D eigenvalue weighted by atomic mass is 10.2. The van der Waals surface area contributed by atoms with Crippen molar-refractivity contribution in [2.75, 3.05) is 0 Å². The summed E-state index contributed by atoms with van der Waals surface area (Å²) in [6.45, 7) is 0. The number of hydrogen-bond acceptors (Lipinski definition) is 2. The van der Waals surface area contributed by atoms with Gasteiger partial charge in [0.25, 0.3) is 0 Å². The number of pyridine rings is 1. The van der Waals surface area contributed by atoms with Crippen molar-refractivity contribution in [3.63, 3.8) is 0 Å². The highest BCUT2D eigenvalue weighted by molar-refractivity contribution is 5.78. The van der Waals surface area contributed by atoms with Gasteiger partial charge in [0.15, 0.2) is 0 Å². The molecule has 0 N–H and O–H groups in total. The minimum Gasteiger partial charge on any atom is -0.323 e. The van der Waals surface area contributed by atoms with Crippen LogP contribution in [-0.2, 0) is 0 Å². The Hall–Kier alpha value is -2.16. The van der Waals surface area contributed by atoms with E-state index in [1.165, 1.54) is 0 Å². The Kier molecular flexibility index (Phi) is 1.75. The summed E-state index contributed by atoms with van der Waals surface area (Å²) < 4.78 is 2.07. The number of nitrogens with zero attached hydrogens (tertiary/aromatic N) is 3. The normalized spacial score (nSPS) is 10.7. The molecular weight excluding hydrogens is 186 g/mol. The van der Waals surface area contributed by atoms with Crippen molar-refractivity contribution >= 4 is 5.52 Å². The SMILES string of the molecule is c1ccn2ccc(-c3cnccn3)c2c1. The van der Waals surface area contributed by atoms with Gasteiger partial charge in [0, 0.05) is 30.4 Å². The van der Waals surface area contributed by atoms with E-state index in [4.69, 9.17) is 0 Å². The van der Waals surface area contributed by atoms with Crippen LogP contribution in [0.2, 0.25) is 0 Å². The topological polar surface area (TPSA) is 30.2 Å². The Bertz CT molecular complexity index is 584. The van der Waals surface area contributed by atoms with E-state index in [0.29, 0.717) is 0 Å².